The molecule has 0 aliphatic carbocycles. The van der Waals surface area contributed by atoms with Crippen molar-refractivity contribution in [3.63, 3.8) is 0 Å². The summed E-state index contributed by atoms with van der Waals surface area (Å²) in [7, 11) is 1.91. The maximum atomic E-state index is 12.2. The smallest absolute Gasteiger partial charge is 0.235 e. The molecule has 0 spiro atoms. The summed E-state index contributed by atoms with van der Waals surface area (Å²) >= 11 is 0. The minimum atomic E-state index is -0.822. The van der Waals surface area contributed by atoms with Gasteiger partial charge in [0.05, 0.1) is 12.6 Å². The Morgan fingerprint density at radius 2 is 2.05 bits per heavy atom. The zero-order chi connectivity index (χ0) is 16.9. The van der Waals surface area contributed by atoms with Gasteiger partial charge in [0.1, 0.15) is 5.54 Å². The monoisotopic (exact) mass is 301 g/mol. The molecule has 0 saturated heterocycles. The Morgan fingerprint density at radius 3 is 2.55 bits per heavy atom. The first-order valence-corrected chi connectivity index (χ1v) is 7.65. The predicted octanol–water partition coefficient (Wildman–Crippen LogP) is 2.79. The third-order valence-electron chi connectivity index (χ3n) is 4.14. The SMILES string of the molecule is Cc1ccc(CN(C)CC(=O)N[C@](C)(C#N)C(C)C)c(C)c1. The molecule has 0 radical (unpaired) electrons. The van der Waals surface area contributed by atoms with Crippen molar-refractivity contribution < 1.29 is 4.79 Å². The number of rotatable bonds is 6. The van der Waals surface area contributed by atoms with Crippen molar-refractivity contribution in [2.45, 2.75) is 46.7 Å². The van der Waals surface area contributed by atoms with Gasteiger partial charge in [-0.25, -0.2) is 0 Å². The molecule has 1 atom stereocenters. The summed E-state index contributed by atoms with van der Waals surface area (Å²) in [5.41, 5.74) is 2.87. The number of nitrogens with one attached hydrogen (secondary N) is 1. The van der Waals surface area contributed by atoms with E-state index in [1.165, 1.54) is 16.7 Å². The van der Waals surface area contributed by atoms with Gasteiger partial charge in [-0.05, 0) is 44.9 Å². The molecule has 4 heteroatoms. The van der Waals surface area contributed by atoms with Crippen LogP contribution in [0.1, 0.15) is 37.5 Å². The Morgan fingerprint density at radius 1 is 1.41 bits per heavy atom. The Hall–Kier alpha value is -1.86. The Labute approximate surface area is 134 Å². The molecule has 0 heterocycles. The molecule has 0 aliphatic heterocycles. The number of amides is 1. The minimum absolute atomic E-state index is 0.0612. The third-order valence-corrected chi connectivity index (χ3v) is 4.14. The summed E-state index contributed by atoms with van der Waals surface area (Å²) in [6.45, 7) is 10.8. The van der Waals surface area contributed by atoms with Gasteiger partial charge in [-0.3, -0.25) is 9.69 Å². The number of carbonyl (C=O) groups is 1. The van der Waals surface area contributed by atoms with E-state index in [0.717, 1.165) is 0 Å². The molecule has 1 rings (SSSR count). The second-order valence-corrected chi connectivity index (χ2v) is 6.62. The normalized spacial score (nSPS) is 13.8. The van der Waals surface area contributed by atoms with E-state index in [9.17, 15) is 10.1 Å². The van der Waals surface area contributed by atoms with Crippen LogP contribution in [0.3, 0.4) is 0 Å². The Kier molecular flexibility index (Phi) is 6.13. The minimum Gasteiger partial charge on any atom is -0.337 e. The first-order valence-electron chi connectivity index (χ1n) is 7.65. The largest absolute Gasteiger partial charge is 0.337 e. The molecule has 0 saturated carbocycles. The molecule has 1 amide bonds. The molecule has 0 aromatic heterocycles. The van der Waals surface area contributed by atoms with Gasteiger partial charge in [0.15, 0.2) is 0 Å². The quantitative estimate of drug-likeness (QED) is 0.879. The van der Waals surface area contributed by atoms with Gasteiger partial charge < -0.3 is 5.32 Å². The van der Waals surface area contributed by atoms with Crippen LogP contribution in [-0.2, 0) is 11.3 Å². The van der Waals surface area contributed by atoms with Gasteiger partial charge in [-0.1, -0.05) is 37.6 Å². The second-order valence-electron chi connectivity index (χ2n) is 6.62. The first kappa shape index (κ1) is 18.2. The van der Waals surface area contributed by atoms with Gasteiger partial charge in [0, 0.05) is 6.54 Å². The average Bonchev–Trinajstić information content (AvgIpc) is 2.41. The number of benzene rings is 1. The lowest BCUT2D eigenvalue weighted by atomic mass is 9.90. The lowest BCUT2D eigenvalue weighted by molar-refractivity contribution is -0.123. The van der Waals surface area contributed by atoms with E-state index in [2.05, 4.69) is 43.4 Å². The summed E-state index contributed by atoms with van der Waals surface area (Å²) in [4.78, 5) is 14.1. The van der Waals surface area contributed by atoms with Crippen LogP contribution in [0, 0.1) is 31.1 Å². The molecule has 4 nitrogen and oxygen atoms in total. The molecule has 1 aromatic carbocycles. The highest BCUT2D eigenvalue weighted by Crippen LogP contribution is 2.15. The maximum Gasteiger partial charge on any atom is 0.235 e. The molecule has 0 fully saturated rings. The van der Waals surface area contributed by atoms with Crippen molar-refractivity contribution in [1.29, 1.82) is 5.26 Å². The summed E-state index contributed by atoms with van der Waals surface area (Å²) in [6, 6.07) is 8.53. The molecular formula is C18H27N3O. The van der Waals surface area contributed by atoms with Crippen molar-refractivity contribution in [2.24, 2.45) is 5.92 Å². The fourth-order valence-electron chi connectivity index (χ4n) is 2.25. The van der Waals surface area contributed by atoms with E-state index in [4.69, 9.17) is 0 Å². The van der Waals surface area contributed by atoms with Crippen molar-refractivity contribution >= 4 is 5.91 Å². The number of hydrogen-bond acceptors (Lipinski definition) is 3. The average molecular weight is 301 g/mol. The van der Waals surface area contributed by atoms with Crippen molar-refractivity contribution in [3.05, 3.63) is 34.9 Å². The molecule has 1 N–H and O–H groups in total. The number of carbonyl (C=O) groups excluding carboxylic acids is 1. The van der Waals surface area contributed by atoms with Crippen LogP contribution in [0.25, 0.3) is 0 Å². The van der Waals surface area contributed by atoms with E-state index < -0.39 is 5.54 Å². The van der Waals surface area contributed by atoms with Gasteiger partial charge in [-0.2, -0.15) is 5.26 Å². The highest BCUT2D eigenvalue weighted by atomic mass is 16.2. The number of nitrogens with zero attached hydrogens (tertiary/aromatic N) is 2. The van der Waals surface area contributed by atoms with Crippen molar-refractivity contribution in [3.8, 4) is 6.07 Å². The number of hydrogen-bond donors (Lipinski definition) is 1. The van der Waals surface area contributed by atoms with Crippen molar-refractivity contribution in [2.75, 3.05) is 13.6 Å². The van der Waals surface area contributed by atoms with Gasteiger partial charge >= 0.3 is 0 Å². The first-order chi connectivity index (χ1) is 10.2. The summed E-state index contributed by atoms with van der Waals surface area (Å²) in [5, 5.41) is 12.1. The molecule has 0 aliphatic rings. The fraction of sp³-hybridized carbons (Fsp3) is 0.556. The second kappa shape index (κ2) is 7.42. The Balaban J connectivity index is 2.63. The van der Waals surface area contributed by atoms with Gasteiger partial charge in [-0.15, -0.1) is 0 Å². The van der Waals surface area contributed by atoms with E-state index in [1.807, 2.05) is 25.8 Å². The maximum absolute atomic E-state index is 12.2. The van der Waals surface area contributed by atoms with Crippen LogP contribution < -0.4 is 5.32 Å². The van der Waals surface area contributed by atoms with E-state index in [1.54, 1.807) is 6.92 Å². The van der Waals surface area contributed by atoms with E-state index >= 15 is 0 Å². The third kappa shape index (κ3) is 4.85. The van der Waals surface area contributed by atoms with Crippen LogP contribution in [0.5, 0.6) is 0 Å². The number of likely N-dealkylation sites (N-methyl/N-ethyl adjacent to an activating group) is 1. The van der Waals surface area contributed by atoms with Crippen LogP contribution in [0.4, 0.5) is 0 Å². The molecule has 0 unspecified atom stereocenters. The van der Waals surface area contributed by atoms with Crippen LogP contribution in [0.2, 0.25) is 0 Å². The van der Waals surface area contributed by atoms with E-state index in [-0.39, 0.29) is 18.4 Å². The fourth-order valence-corrected chi connectivity index (χ4v) is 2.25. The van der Waals surface area contributed by atoms with Crippen molar-refractivity contribution in [1.82, 2.24) is 10.2 Å². The molecular weight excluding hydrogens is 274 g/mol. The molecule has 22 heavy (non-hydrogen) atoms. The van der Waals surface area contributed by atoms with Crippen LogP contribution in [-0.4, -0.2) is 29.9 Å². The van der Waals surface area contributed by atoms with Gasteiger partial charge in [0.25, 0.3) is 0 Å². The summed E-state index contributed by atoms with van der Waals surface area (Å²) < 4.78 is 0. The van der Waals surface area contributed by atoms with Crippen LogP contribution in [0.15, 0.2) is 18.2 Å². The van der Waals surface area contributed by atoms with Gasteiger partial charge in [0.2, 0.25) is 5.91 Å². The topological polar surface area (TPSA) is 56.1 Å². The molecule has 0 bridgehead atoms. The van der Waals surface area contributed by atoms with E-state index in [0.29, 0.717) is 6.54 Å². The lowest BCUT2D eigenvalue weighted by Gasteiger charge is -2.28. The zero-order valence-corrected chi connectivity index (χ0v) is 14.5. The molecule has 120 valence electrons. The zero-order valence-electron chi connectivity index (χ0n) is 14.5. The number of aryl methyl sites for hydroxylation is 2. The summed E-state index contributed by atoms with van der Waals surface area (Å²) in [6.07, 6.45) is 0. The molecule has 1 aromatic rings. The summed E-state index contributed by atoms with van der Waals surface area (Å²) in [5.74, 6) is -0.0592. The highest BCUT2D eigenvalue weighted by Gasteiger charge is 2.30. The lowest BCUT2D eigenvalue weighted by Crippen LogP contribution is -2.51. The number of nitriles is 1. The highest BCUT2D eigenvalue weighted by molar-refractivity contribution is 5.79. The Bertz CT molecular complexity index is 574. The predicted molar refractivity (Wildman–Crippen MR) is 89.2 cm³/mol. The van der Waals surface area contributed by atoms with Crippen LogP contribution >= 0.6 is 0 Å². The standard InChI is InChI=1S/C18H27N3O/c1-13(2)18(5,12-19)20-17(22)11-21(6)10-16-8-7-14(3)9-15(16)4/h7-9,13H,10-11H2,1-6H3,(H,20,22)/t18-/m1/s1.